The number of nitrogens with zero attached hydrogens (tertiary/aromatic N) is 5. The van der Waals surface area contributed by atoms with Crippen LogP contribution in [-0.2, 0) is 6.54 Å². The van der Waals surface area contributed by atoms with Crippen LogP contribution in [0.3, 0.4) is 0 Å². The molecule has 0 saturated carbocycles. The fourth-order valence-corrected chi connectivity index (χ4v) is 4.76. The van der Waals surface area contributed by atoms with Crippen LogP contribution < -0.4 is 10.6 Å². The molecule has 2 aromatic heterocycles. The third-order valence-corrected chi connectivity index (χ3v) is 6.90. The maximum atomic E-state index is 13.9. The van der Waals surface area contributed by atoms with Crippen molar-refractivity contribution in [1.29, 1.82) is 0 Å². The normalized spacial score (nSPS) is 10.8. The Balaban J connectivity index is 1.31. The van der Waals surface area contributed by atoms with Gasteiger partial charge in [-0.2, -0.15) is 5.21 Å². The largest absolute Gasteiger partial charge is 0.366 e. The number of nitrogens with one attached hydrogen (secondary N) is 1. The molecule has 0 fully saturated rings. The second-order valence-corrected chi connectivity index (χ2v) is 9.58. The Morgan fingerprint density at radius 1 is 0.738 bits per heavy atom. The Morgan fingerprint density at radius 2 is 1.48 bits per heavy atom. The van der Waals surface area contributed by atoms with Gasteiger partial charge in [-0.1, -0.05) is 72.8 Å². The lowest BCUT2D eigenvalue weighted by molar-refractivity contribution is 0.0979. The number of carbonyl (C=O) groups is 2. The first kappa shape index (κ1) is 26.3. The minimum atomic E-state index is -0.561. The number of aromatic nitrogens is 5. The van der Waals surface area contributed by atoms with Gasteiger partial charge in [0.15, 0.2) is 0 Å². The Morgan fingerprint density at radius 3 is 2.17 bits per heavy atom. The number of amides is 2. The molecule has 2 heterocycles. The third-order valence-electron chi connectivity index (χ3n) is 6.90. The zero-order valence-corrected chi connectivity index (χ0v) is 22.4. The first-order valence-electron chi connectivity index (χ1n) is 13.2. The summed E-state index contributed by atoms with van der Waals surface area (Å²) >= 11 is 0. The maximum absolute atomic E-state index is 13.9. The standard InChI is InChI=1S/C33H25N7O2/c34-31(41)26-6-5-7-27(20-26)40(33(42)25-17-15-24(16-18-25)30-10-3-4-19-35-30)21-22-11-13-23(14-12-22)28-8-1-2-9-29(28)32-36-38-39-37-32/h1-20H,21H2,(H2,34,41)(H,36,37,38,39). The number of hydrogen-bond donors (Lipinski definition) is 2. The molecule has 0 aliphatic heterocycles. The summed E-state index contributed by atoms with van der Waals surface area (Å²) in [4.78, 5) is 31.9. The molecule has 9 heteroatoms. The molecule has 0 aliphatic rings. The highest BCUT2D eigenvalue weighted by atomic mass is 16.2. The molecule has 42 heavy (non-hydrogen) atoms. The van der Waals surface area contributed by atoms with Gasteiger partial charge in [-0.15, -0.1) is 10.2 Å². The monoisotopic (exact) mass is 551 g/mol. The molecule has 6 rings (SSSR count). The first-order valence-corrected chi connectivity index (χ1v) is 13.2. The van der Waals surface area contributed by atoms with Crippen LogP contribution in [0.2, 0.25) is 0 Å². The highest BCUT2D eigenvalue weighted by Gasteiger charge is 2.20. The molecule has 0 saturated heterocycles. The van der Waals surface area contributed by atoms with Gasteiger partial charge in [-0.3, -0.25) is 14.6 Å². The van der Waals surface area contributed by atoms with Crippen LogP contribution in [0.4, 0.5) is 5.69 Å². The number of anilines is 1. The molecule has 4 aromatic carbocycles. The molecule has 3 N–H and O–H groups in total. The van der Waals surface area contributed by atoms with Gasteiger partial charge in [-0.25, -0.2) is 0 Å². The Bertz CT molecular complexity index is 1840. The summed E-state index contributed by atoms with van der Waals surface area (Å²) in [5.74, 6) is -0.265. The van der Waals surface area contributed by atoms with Gasteiger partial charge in [0, 0.05) is 34.1 Å². The number of rotatable bonds is 8. The van der Waals surface area contributed by atoms with Gasteiger partial charge < -0.3 is 10.6 Å². The van der Waals surface area contributed by atoms with Crippen molar-refractivity contribution < 1.29 is 9.59 Å². The summed E-state index contributed by atoms with van der Waals surface area (Å²) in [7, 11) is 0. The van der Waals surface area contributed by atoms with Gasteiger partial charge in [0.25, 0.3) is 5.91 Å². The van der Waals surface area contributed by atoms with Gasteiger partial charge in [-0.05, 0) is 64.4 Å². The Labute approximate surface area is 241 Å². The van der Waals surface area contributed by atoms with Gasteiger partial charge in [0.2, 0.25) is 11.7 Å². The Kier molecular flexibility index (Phi) is 7.29. The van der Waals surface area contributed by atoms with E-state index in [1.165, 1.54) is 0 Å². The molecule has 0 atom stereocenters. The topological polar surface area (TPSA) is 131 Å². The average Bonchev–Trinajstić information content (AvgIpc) is 3.59. The van der Waals surface area contributed by atoms with Crippen molar-refractivity contribution in [2.75, 3.05) is 4.90 Å². The van der Waals surface area contributed by atoms with Crippen molar-refractivity contribution >= 4 is 17.5 Å². The van der Waals surface area contributed by atoms with Crippen LogP contribution in [0.15, 0.2) is 121 Å². The first-order chi connectivity index (χ1) is 20.6. The number of primary amides is 1. The van der Waals surface area contributed by atoms with Crippen LogP contribution >= 0.6 is 0 Å². The van der Waals surface area contributed by atoms with E-state index in [1.807, 2.05) is 78.9 Å². The predicted molar refractivity (Wildman–Crippen MR) is 160 cm³/mol. The number of pyridine rings is 1. The molecule has 9 nitrogen and oxygen atoms in total. The van der Waals surface area contributed by atoms with E-state index in [2.05, 4.69) is 25.6 Å². The van der Waals surface area contributed by atoms with E-state index in [0.29, 0.717) is 22.6 Å². The highest BCUT2D eigenvalue weighted by molar-refractivity contribution is 6.07. The number of tetrazole rings is 1. The summed E-state index contributed by atoms with van der Waals surface area (Å²) in [5, 5.41) is 14.4. The summed E-state index contributed by atoms with van der Waals surface area (Å²) in [6, 6.07) is 35.6. The molecule has 0 bridgehead atoms. The molecular weight excluding hydrogens is 526 g/mol. The Hall–Kier alpha value is -5.96. The van der Waals surface area contributed by atoms with Crippen molar-refractivity contribution in [2.45, 2.75) is 6.54 Å². The summed E-state index contributed by atoms with van der Waals surface area (Å²) in [6.45, 7) is 0.274. The number of H-pyrrole nitrogens is 1. The molecule has 204 valence electrons. The van der Waals surface area contributed by atoms with Crippen molar-refractivity contribution in [3.63, 3.8) is 0 Å². The average molecular weight is 552 g/mol. The molecule has 0 spiro atoms. The minimum Gasteiger partial charge on any atom is -0.366 e. The highest BCUT2D eigenvalue weighted by Crippen LogP contribution is 2.30. The van der Waals surface area contributed by atoms with Crippen LogP contribution in [0.25, 0.3) is 33.8 Å². The lowest BCUT2D eigenvalue weighted by Crippen LogP contribution is -2.30. The van der Waals surface area contributed by atoms with E-state index in [0.717, 1.165) is 33.5 Å². The molecule has 0 unspecified atom stereocenters. The van der Waals surface area contributed by atoms with E-state index >= 15 is 0 Å². The summed E-state index contributed by atoms with van der Waals surface area (Å²) in [5.41, 5.74) is 12.4. The number of nitrogens with two attached hydrogens (primary N) is 1. The molecule has 0 radical (unpaired) electrons. The quantitative estimate of drug-likeness (QED) is 0.255. The van der Waals surface area contributed by atoms with Crippen molar-refractivity contribution in [2.24, 2.45) is 5.73 Å². The van der Waals surface area contributed by atoms with E-state index in [1.54, 1.807) is 47.5 Å². The smallest absolute Gasteiger partial charge is 0.258 e. The van der Waals surface area contributed by atoms with Crippen LogP contribution in [0.5, 0.6) is 0 Å². The van der Waals surface area contributed by atoms with E-state index in [-0.39, 0.29) is 12.5 Å². The number of hydrogen-bond acceptors (Lipinski definition) is 6. The fourth-order valence-electron chi connectivity index (χ4n) is 4.76. The molecular formula is C33H25N7O2. The molecule has 2 amide bonds. The van der Waals surface area contributed by atoms with Crippen molar-refractivity contribution in [3.8, 4) is 33.8 Å². The van der Waals surface area contributed by atoms with E-state index < -0.39 is 5.91 Å². The summed E-state index contributed by atoms with van der Waals surface area (Å²) in [6.07, 6.45) is 1.73. The van der Waals surface area contributed by atoms with Crippen molar-refractivity contribution in [3.05, 3.63) is 138 Å². The second kappa shape index (κ2) is 11.6. The van der Waals surface area contributed by atoms with Gasteiger partial charge >= 0.3 is 0 Å². The van der Waals surface area contributed by atoms with E-state index in [9.17, 15) is 9.59 Å². The maximum Gasteiger partial charge on any atom is 0.258 e. The van der Waals surface area contributed by atoms with Gasteiger partial charge in [0.05, 0.1) is 12.2 Å². The zero-order chi connectivity index (χ0) is 28.9. The fraction of sp³-hybridized carbons (Fsp3) is 0.0303. The molecule has 0 aliphatic carbocycles. The number of aromatic amines is 1. The summed E-state index contributed by atoms with van der Waals surface area (Å²) < 4.78 is 0. The number of carbonyl (C=O) groups excluding carboxylic acids is 2. The van der Waals surface area contributed by atoms with Crippen LogP contribution in [-0.4, -0.2) is 37.4 Å². The molecule has 6 aromatic rings. The minimum absolute atomic E-state index is 0.212. The van der Waals surface area contributed by atoms with Crippen molar-refractivity contribution in [1.82, 2.24) is 25.6 Å². The zero-order valence-electron chi connectivity index (χ0n) is 22.4. The lowest BCUT2D eigenvalue weighted by atomic mass is 9.98. The predicted octanol–water partition coefficient (Wildman–Crippen LogP) is 5.54. The SMILES string of the molecule is NC(=O)c1cccc(N(Cc2ccc(-c3ccccc3-c3nn[nH]n3)cc2)C(=O)c2ccc(-c3ccccn3)cc2)c1. The van der Waals surface area contributed by atoms with Crippen LogP contribution in [0, 0.1) is 0 Å². The second-order valence-electron chi connectivity index (χ2n) is 9.58. The van der Waals surface area contributed by atoms with E-state index in [4.69, 9.17) is 5.73 Å². The van der Waals surface area contributed by atoms with Gasteiger partial charge in [0.1, 0.15) is 0 Å². The van der Waals surface area contributed by atoms with Crippen LogP contribution in [0.1, 0.15) is 26.3 Å². The number of benzene rings is 4. The third kappa shape index (κ3) is 5.52. The lowest BCUT2D eigenvalue weighted by Gasteiger charge is -2.24.